The Hall–Kier alpha value is -2.40. The molecule has 2 aromatic carbocycles. The molecule has 116 valence electrons. The first-order chi connectivity index (χ1) is 10.7. The Labute approximate surface area is 130 Å². The zero-order valence-corrected chi connectivity index (χ0v) is 12.6. The number of nitrogens with one attached hydrogen (secondary N) is 1. The molecule has 0 amide bonds. The molecule has 5 nitrogen and oxygen atoms in total. The highest BCUT2D eigenvalue weighted by atomic mass is 16.6. The molecule has 0 aliphatic carbocycles. The van der Waals surface area contributed by atoms with Crippen molar-refractivity contribution in [3.05, 3.63) is 69.8 Å². The minimum atomic E-state index is -0.344. The van der Waals surface area contributed by atoms with Crippen LogP contribution in [0, 0.1) is 17.0 Å². The number of nitrogens with zero attached hydrogens (tertiary/aromatic N) is 1. The van der Waals surface area contributed by atoms with E-state index in [9.17, 15) is 10.1 Å². The van der Waals surface area contributed by atoms with E-state index in [1.165, 1.54) is 0 Å². The Kier molecular flexibility index (Phi) is 5.91. The molecule has 0 spiro atoms. The summed E-state index contributed by atoms with van der Waals surface area (Å²) < 4.78 is 5.59. The van der Waals surface area contributed by atoms with Gasteiger partial charge in [-0.2, -0.15) is 0 Å². The third-order valence-corrected chi connectivity index (χ3v) is 3.31. The second-order valence-electron chi connectivity index (χ2n) is 5.05. The molecule has 0 aliphatic rings. The van der Waals surface area contributed by atoms with Gasteiger partial charge in [-0.15, -0.1) is 0 Å². The topological polar surface area (TPSA) is 64.4 Å². The molecular formula is C17H20N2O3. The first-order valence-electron chi connectivity index (χ1n) is 7.28. The molecule has 0 saturated carbocycles. The van der Waals surface area contributed by atoms with Crippen molar-refractivity contribution >= 4 is 11.4 Å². The van der Waals surface area contributed by atoms with Crippen LogP contribution in [0.3, 0.4) is 0 Å². The number of nitro benzene ring substituents is 1. The van der Waals surface area contributed by atoms with Gasteiger partial charge in [0.1, 0.15) is 5.69 Å². The lowest BCUT2D eigenvalue weighted by Gasteiger charge is -2.09. The molecule has 1 N–H and O–H groups in total. The summed E-state index contributed by atoms with van der Waals surface area (Å²) >= 11 is 0. The van der Waals surface area contributed by atoms with Gasteiger partial charge in [0.2, 0.25) is 0 Å². The Morgan fingerprint density at radius 1 is 1.14 bits per heavy atom. The number of nitro groups is 1. The molecule has 0 atom stereocenters. The van der Waals surface area contributed by atoms with E-state index < -0.39 is 0 Å². The summed E-state index contributed by atoms with van der Waals surface area (Å²) in [6.07, 6.45) is 0.790. The summed E-state index contributed by atoms with van der Waals surface area (Å²) in [6, 6.07) is 15.3. The van der Waals surface area contributed by atoms with Crippen LogP contribution in [0.4, 0.5) is 11.4 Å². The van der Waals surface area contributed by atoms with Gasteiger partial charge in [0, 0.05) is 18.7 Å². The molecule has 0 aliphatic heterocycles. The normalized spacial score (nSPS) is 10.4. The van der Waals surface area contributed by atoms with Gasteiger partial charge in [0.15, 0.2) is 0 Å². The third-order valence-electron chi connectivity index (χ3n) is 3.31. The number of ether oxygens (including phenoxy) is 1. The van der Waals surface area contributed by atoms with Crippen molar-refractivity contribution in [2.75, 3.05) is 18.5 Å². The molecule has 5 heteroatoms. The van der Waals surface area contributed by atoms with Crippen molar-refractivity contribution in [2.45, 2.75) is 20.0 Å². The second kappa shape index (κ2) is 8.14. The fourth-order valence-corrected chi connectivity index (χ4v) is 2.21. The summed E-state index contributed by atoms with van der Waals surface area (Å²) in [6.45, 7) is 3.58. The molecule has 0 aromatic heterocycles. The van der Waals surface area contributed by atoms with Crippen LogP contribution in [-0.4, -0.2) is 18.1 Å². The van der Waals surface area contributed by atoms with Crippen molar-refractivity contribution in [3.63, 3.8) is 0 Å². The standard InChI is InChI=1S/C17H20N2O3/c1-14-7-5-10-16(17(14)19(20)21)18-11-6-12-22-13-15-8-3-2-4-9-15/h2-5,7-10,18H,6,11-13H2,1H3. The maximum Gasteiger partial charge on any atom is 0.295 e. The highest BCUT2D eigenvalue weighted by Crippen LogP contribution is 2.27. The average Bonchev–Trinajstić information content (AvgIpc) is 2.51. The van der Waals surface area contributed by atoms with E-state index in [-0.39, 0.29) is 10.6 Å². The van der Waals surface area contributed by atoms with Gasteiger partial charge in [-0.05, 0) is 25.0 Å². The third kappa shape index (κ3) is 4.56. The minimum Gasteiger partial charge on any atom is -0.379 e. The molecule has 0 unspecified atom stereocenters. The Balaban J connectivity index is 1.73. The lowest BCUT2D eigenvalue weighted by Crippen LogP contribution is -2.08. The van der Waals surface area contributed by atoms with E-state index in [1.807, 2.05) is 36.4 Å². The van der Waals surface area contributed by atoms with Crippen LogP contribution in [-0.2, 0) is 11.3 Å². The number of benzene rings is 2. The van der Waals surface area contributed by atoms with E-state index in [2.05, 4.69) is 5.32 Å². The average molecular weight is 300 g/mol. The SMILES string of the molecule is Cc1cccc(NCCCOCc2ccccc2)c1[N+](=O)[O-]. The van der Waals surface area contributed by atoms with Crippen LogP contribution in [0.1, 0.15) is 17.5 Å². The summed E-state index contributed by atoms with van der Waals surface area (Å²) in [4.78, 5) is 10.7. The quantitative estimate of drug-likeness (QED) is 0.456. The van der Waals surface area contributed by atoms with Gasteiger partial charge in [-0.3, -0.25) is 10.1 Å². The lowest BCUT2D eigenvalue weighted by atomic mass is 10.1. The van der Waals surface area contributed by atoms with E-state index in [4.69, 9.17) is 4.74 Å². The smallest absolute Gasteiger partial charge is 0.295 e. The largest absolute Gasteiger partial charge is 0.379 e. The Morgan fingerprint density at radius 2 is 1.91 bits per heavy atom. The van der Waals surface area contributed by atoms with Crippen molar-refractivity contribution in [2.24, 2.45) is 0 Å². The van der Waals surface area contributed by atoms with Gasteiger partial charge in [0.25, 0.3) is 5.69 Å². The molecule has 0 bridgehead atoms. The number of aryl methyl sites for hydroxylation is 1. The number of para-hydroxylation sites is 1. The van der Waals surface area contributed by atoms with Gasteiger partial charge in [0.05, 0.1) is 11.5 Å². The van der Waals surface area contributed by atoms with Crippen LogP contribution < -0.4 is 5.32 Å². The lowest BCUT2D eigenvalue weighted by molar-refractivity contribution is -0.384. The Bertz CT molecular complexity index is 615. The summed E-state index contributed by atoms with van der Waals surface area (Å²) in [7, 11) is 0. The van der Waals surface area contributed by atoms with Gasteiger partial charge < -0.3 is 10.1 Å². The van der Waals surface area contributed by atoms with Gasteiger partial charge >= 0.3 is 0 Å². The molecule has 0 radical (unpaired) electrons. The van der Waals surface area contributed by atoms with Crippen molar-refractivity contribution < 1.29 is 9.66 Å². The fraction of sp³-hybridized carbons (Fsp3) is 0.294. The summed E-state index contributed by atoms with van der Waals surface area (Å²) in [5.41, 5.74) is 2.51. The molecule has 0 saturated heterocycles. The number of hydrogen-bond donors (Lipinski definition) is 1. The number of anilines is 1. The van der Waals surface area contributed by atoms with E-state index in [1.54, 1.807) is 19.1 Å². The molecule has 2 aromatic rings. The highest BCUT2D eigenvalue weighted by Gasteiger charge is 2.15. The van der Waals surface area contributed by atoms with Crippen molar-refractivity contribution in [1.29, 1.82) is 0 Å². The molecule has 2 rings (SSSR count). The zero-order chi connectivity index (χ0) is 15.8. The van der Waals surface area contributed by atoms with E-state index in [0.29, 0.717) is 31.0 Å². The molecular weight excluding hydrogens is 280 g/mol. The van der Waals surface area contributed by atoms with Crippen molar-refractivity contribution in [3.8, 4) is 0 Å². The maximum absolute atomic E-state index is 11.1. The second-order valence-corrected chi connectivity index (χ2v) is 5.05. The monoisotopic (exact) mass is 300 g/mol. The molecule has 0 heterocycles. The summed E-state index contributed by atoms with van der Waals surface area (Å²) in [5.74, 6) is 0. The van der Waals surface area contributed by atoms with Crippen LogP contribution in [0.2, 0.25) is 0 Å². The van der Waals surface area contributed by atoms with Crippen LogP contribution in [0.25, 0.3) is 0 Å². The molecule has 22 heavy (non-hydrogen) atoms. The highest BCUT2D eigenvalue weighted by molar-refractivity contribution is 5.64. The van der Waals surface area contributed by atoms with Crippen LogP contribution in [0.5, 0.6) is 0 Å². The predicted molar refractivity (Wildman–Crippen MR) is 87.0 cm³/mol. The van der Waals surface area contributed by atoms with E-state index >= 15 is 0 Å². The van der Waals surface area contributed by atoms with Crippen molar-refractivity contribution in [1.82, 2.24) is 0 Å². The first-order valence-corrected chi connectivity index (χ1v) is 7.28. The molecule has 0 fully saturated rings. The fourth-order valence-electron chi connectivity index (χ4n) is 2.21. The zero-order valence-electron chi connectivity index (χ0n) is 12.6. The van der Waals surface area contributed by atoms with Crippen LogP contribution in [0.15, 0.2) is 48.5 Å². The van der Waals surface area contributed by atoms with Gasteiger partial charge in [-0.1, -0.05) is 42.5 Å². The van der Waals surface area contributed by atoms with E-state index in [0.717, 1.165) is 12.0 Å². The summed E-state index contributed by atoms with van der Waals surface area (Å²) in [5, 5.41) is 14.2. The predicted octanol–water partition coefficient (Wildman–Crippen LogP) is 3.92. The Morgan fingerprint density at radius 3 is 2.64 bits per heavy atom. The number of rotatable bonds is 8. The van der Waals surface area contributed by atoms with Gasteiger partial charge in [-0.25, -0.2) is 0 Å². The number of hydrogen-bond acceptors (Lipinski definition) is 4. The maximum atomic E-state index is 11.1. The first kappa shape index (κ1) is 16.0. The van der Waals surface area contributed by atoms with Crippen LogP contribution >= 0.6 is 0 Å². The minimum absolute atomic E-state index is 0.146.